The van der Waals surface area contributed by atoms with E-state index in [-0.39, 0.29) is 12.5 Å². The van der Waals surface area contributed by atoms with Gasteiger partial charge in [0.15, 0.2) is 0 Å². The predicted molar refractivity (Wildman–Crippen MR) is 94.1 cm³/mol. The molecule has 156 valence electrons. The maximum absolute atomic E-state index is 13.2. The van der Waals surface area contributed by atoms with Gasteiger partial charge in [-0.1, -0.05) is 0 Å². The lowest BCUT2D eigenvalue weighted by Crippen LogP contribution is -2.42. The van der Waals surface area contributed by atoms with Crippen LogP contribution >= 0.6 is 0 Å². The van der Waals surface area contributed by atoms with Crippen molar-refractivity contribution in [2.45, 2.75) is 45.4 Å². The van der Waals surface area contributed by atoms with Gasteiger partial charge in [-0.05, 0) is 45.6 Å². The van der Waals surface area contributed by atoms with E-state index in [2.05, 4.69) is 0 Å². The quantitative estimate of drug-likeness (QED) is 0.539. The Morgan fingerprint density at radius 2 is 1.86 bits per heavy atom. The lowest BCUT2D eigenvalue weighted by Gasteiger charge is -2.33. The number of ether oxygens (including phenoxy) is 2. The first kappa shape index (κ1) is 21.8. The lowest BCUT2D eigenvalue weighted by atomic mass is 9.98. The van der Waals surface area contributed by atoms with E-state index in [0.717, 1.165) is 12.1 Å². The minimum Gasteiger partial charge on any atom is -0.493 e. The number of carbonyl (C=O) groups is 1. The van der Waals surface area contributed by atoms with Crippen molar-refractivity contribution >= 4 is 11.8 Å². The van der Waals surface area contributed by atoms with Crippen molar-refractivity contribution in [1.29, 1.82) is 0 Å². The molecule has 1 aliphatic rings. The number of halogens is 3. The van der Waals surface area contributed by atoms with E-state index in [1.54, 1.807) is 25.7 Å². The van der Waals surface area contributed by atoms with Crippen LogP contribution in [0, 0.1) is 16.0 Å². The summed E-state index contributed by atoms with van der Waals surface area (Å²) in [5.74, 6) is -0.470. The second-order valence-corrected chi connectivity index (χ2v) is 7.66. The zero-order valence-corrected chi connectivity index (χ0v) is 15.9. The molecule has 0 N–H and O–H groups in total. The van der Waals surface area contributed by atoms with Gasteiger partial charge in [-0.15, -0.1) is 0 Å². The number of nitro benzene ring substituents is 1. The summed E-state index contributed by atoms with van der Waals surface area (Å²) >= 11 is 0. The summed E-state index contributed by atoms with van der Waals surface area (Å²) in [4.78, 5) is 23.4. The van der Waals surface area contributed by atoms with Crippen LogP contribution in [0.3, 0.4) is 0 Å². The number of amides is 1. The molecule has 1 amide bonds. The summed E-state index contributed by atoms with van der Waals surface area (Å²) in [6.45, 7) is 6.20. The molecular formula is C18H23F3N2O5. The van der Waals surface area contributed by atoms with Crippen LogP contribution in [0.25, 0.3) is 0 Å². The fourth-order valence-corrected chi connectivity index (χ4v) is 2.80. The summed E-state index contributed by atoms with van der Waals surface area (Å²) < 4.78 is 50.2. The van der Waals surface area contributed by atoms with E-state index >= 15 is 0 Å². The number of hydrogen-bond acceptors (Lipinski definition) is 5. The van der Waals surface area contributed by atoms with Gasteiger partial charge in [0.05, 0.1) is 11.5 Å². The van der Waals surface area contributed by atoms with E-state index in [9.17, 15) is 28.1 Å². The molecule has 1 saturated heterocycles. The average Bonchev–Trinajstić information content (AvgIpc) is 2.58. The van der Waals surface area contributed by atoms with E-state index in [0.29, 0.717) is 32.0 Å². The van der Waals surface area contributed by atoms with Crippen molar-refractivity contribution in [1.82, 2.24) is 4.90 Å². The number of non-ortho nitro benzene ring substituents is 1. The highest BCUT2D eigenvalue weighted by atomic mass is 19.4. The number of nitro groups is 1. The van der Waals surface area contributed by atoms with Gasteiger partial charge in [-0.2, -0.15) is 13.2 Å². The van der Waals surface area contributed by atoms with Gasteiger partial charge in [-0.3, -0.25) is 10.1 Å². The maximum atomic E-state index is 13.2. The van der Waals surface area contributed by atoms with Gasteiger partial charge in [0.1, 0.15) is 16.9 Å². The van der Waals surface area contributed by atoms with Crippen molar-refractivity contribution in [2.75, 3.05) is 19.7 Å². The Balaban J connectivity index is 1.95. The molecule has 28 heavy (non-hydrogen) atoms. The second kappa shape index (κ2) is 8.24. The number of benzene rings is 1. The van der Waals surface area contributed by atoms with Crippen LogP contribution in [0.5, 0.6) is 5.75 Å². The third-order valence-corrected chi connectivity index (χ3v) is 4.22. The third-order valence-electron chi connectivity index (χ3n) is 4.22. The molecule has 0 bridgehead atoms. The second-order valence-electron chi connectivity index (χ2n) is 7.66. The van der Waals surface area contributed by atoms with Crippen LogP contribution in [-0.4, -0.2) is 41.2 Å². The van der Waals surface area contributed by atoms with Crippen molar-refractivity contribution in [3.05, 3.63) is 33.9 Å². The third kappa shape index (κ3) is 6.00. The van der Waals surface area contributed by atoms with Gasteiger partial charge >= 0.3 is 12.3 Å². The summed E-state index contributed by atoms with van der Waals surface area (Å²) in [5.41, 5.74) is -2.42. The predicted octanol–water partition coefficient (Wildman–Crippen LogP) is 4.64. The molecule has 1 aliphatic heterocycles. The topological polar surface area (TPSA) is 81.9 Å². The molecule has 0 radical (unpaired) electrons. The molecule has 0 unspecified atom stereocenters. The summed E-state index contributed by atoms with van der Waals surface area (Å²) in [7, 11) is 0. The summed E-state index contributed by atoms with van der Waals surface area (Å²) in [6.07, 6.45) is -4.05. The van der Waals surface area contributed by atoms with Crippen molar-refractivity contribution in [2.24, 2.45) is 5.92 Å². The monoisotopic (exact) mass is 404 g/mol. The highest BCUT2D eigenvalue weighted by Crippen LogP contribution is 2.38. The maximum Gasteiger partial charge on any atom is 0.420 e. The van der Waals surface area contributed by atoms with E-state index in [1.165, 1.54) is 0 Å². The van der Waals surface area contributed by atoms with Gasteiger partial charge < -0.3 is 14.4 Å². The molecule has 1 aromatic carbocycles. The minimum atomic E-state index is -4.76. The Hall–Kier alpha value is -2.52. The number of hydrogen-bond donors (Lipinski definition) is 0. The average molecular weight is 404 g/mol. The fraction of sp³-hybridized carbons (Fsp3) is 0.611. The van der Waals surface area contributed by atoms with Crippen LogP contribution in [0.1, 0.15) is 39.2 Å². The molecule has 0 saturated carbocycles. The van der Waals surface area contributed by atoms with Crippen molar-refractivity contribution in [3.8, 4) is 5.75 Å². The molecule has 7 nitrogen and oxygen atoms in total. The Bertz CT molecular complexity index is 723. The number of piperidine rings is 1. The standard InChI is InChI=1S/C18H23F3N2O5/c1-17(2,3)28-16(24)22-8-6-12(7-9-22)11-27-15-5-4-13(23(25)26)10-14(15)18(19,20)21/h4-5,10,12H,6-9,11H2,1-3H3. The van der Waals surface area contributed by atoms with Crippen LogP contribution < -0.4 is 4.74 Å². The lowest BCUT2D eigenvalue weighted by molar-refractivity contribution is -0.385. The smallest absolute Gasteiger partial charge is 0.420 e. The number of carbonyl (C=O) groups excluding carboxylic acids is 1. The Kier molecular flexibility index (Phi) is 6.41. The molecule has 0 aromatic heterocycles. The van der Waals surface area contributed by atoms with E-state index in [1.807, 2.05) is 0 Å². The SMILES string of the molecule is CC(C)(C)OC(=O)N1CCC(COc2ccc([N+](=O)[O-])cc2C(F)(F)F)CC1. The fourth-order valence-electron chi connectivity index (χ4n) is 2.80. The Morgan fingerprint density at radius 1 is 1.25 bits per heavy atom. The Labute approximate surface area is 160 Å². The molecule has 1 fully saturated rings. The number of likely N-dealkylation sites (tertiary alicyclic amines) is 1. The molecule has 10 heteroatoms. The van der Waals surface area contributed by atoms with Gasteiger partial charge in [0, 0.05) is 25.2 Å². The van der Waals surface area contributed by atoms with Gasteiger partial charge in [-0.25, -0.2) is 4.79 Å². The number of alkyl halides is 3. The largest absolute Gasteiger partial charge is 0.493 e. The number of rotatable bonds is 4. The molecular weight excluding hydrogens is 381 g/mol. The van der Waals surface area contributed by atoms with Crippen LogP contribution in [0.2, 0.25) is 0 Å². The van der Waals surface area contributed by atoms with Crippen molar-refractivity contribution < 1.29 is 32.4 Å². The first-order valence-electron chi connectivity index (χ1n) is 8.83. The first-order chi connectivity index (χ1) is 12.9. The van der Waals surface area contributed by atoms with Gasteiger partial charge in [0.25, 0.3) is 5.69 Å². The van der Waals surface area contributed by atoms with Gasteiger partial charge in [0.2, 0.25) is 0 Å². The Morgan fingerprint density at radius 3 is 2.36 bits per heavy atom. The molecule has 2 rings (SSSR count). The number of nitrogens with zero attached hydrogens (tertiary/aromatic N) is 2. The van der Waals surface area contributed by atoms with E-state index < -0.39 is 39.8 Å². The van der Waals surface area contributed by atoms with E-state index in [4.69, 9.17) is 9.47 Å². The minimum absolute atomic E-state index is 0.0308. The molecule has 0 atom stereocenters. The van der Waals surface area contributed by atoms with Crippen molar-refractivity contribution in [3.63, 3.8) is 0 Å². The molecule has 0 spiro atoms. The summed E-state index contributed by atoms with van der Waals surface area (Å²) in [5, 5.41) is 10.7. The normalized spacial score (nSPS) is 16.0. The van der Waals surface area contributed by atoms with Crippen LogP contribution in [-0.2, 0) is 10.9 Å². The first-order valence-corrected chi connectivity index (χ1v) is 8.83. The molecule has 1 heterocycles. The highest BCUT2D eigenvalue weighted by molar-refractivity contribution is 5.68. The zero-order chi connectivity index (χ0) is 21.1. The van der Waals surface area contributed by atoms with Crippen LogP contribution in [0.15, 0.2) is 18.2 Å². The zero-order valence-electron chi connectivity index (χ0n) is 15.9. The molecule has 1 aromatic rings. The van der Waals surface area contributed by atoms with Crippen LogP contribution in [0.4, 0.5) is 23.7 Å². The molecule has 0 aliphatic carbocycles. The highest BCUT2D eigenvalue weighted by Gasteiger charge is 2.36. The summed E-state index contributed by atoms with van der Waals surface area (Å²) in [6, 6.07) is 2.42.